The molecule has 0 spiro atoms. The minimum absolute atomic E-state index is 0.117. The first kappa shape index (κ1) is 15.6. The van der Waals surface area contributed by atoms with Gasteiger partial charge in [-0.2, -0.15) is 5.10 Å². The summed E-state index contributed by atoms with van der Waals surface area (Å²) in [6.07, 6.45) is 2.11. The minimum Gasteiger partial charge on any atom is -0.416 e. The van der Waals surface area contributed by atoms with Crippen LogP contribution in [0.4, 0.5) is 5.82 Å². The van der Waals surface area contributed by atoms with Gasteiger partial charge in [0.15, 0.2) is 0 Å². The van der Waals surface area contributed by atoms with Crippen LogP contribution < -0.4 is 5.32 Å². The van der Waals surface area contributed by atoms with E-state index in [0.717, 1.165) is 30.9 Å². The average molecular weight is 309 g/mol. The second kappa shape index (κ2) is 7.26. The molecule has 2 heterocycles. The molecule has 1 N–H and O–H groups in total. The van der Waals surface area contributed by atoms with Gasteiger partial charge in [-0.15, -0.1) is 10.2 Å². The van der Waals surface area contributed by atoms with Gasteiger partial charge < -0.3 is 9.73 Å². The molecule has 1 amide bonds. The summed E-state index contributed by atoms with van der Waals surface area (Å²) in [6.45, 7) is 6.55. The summed E-state index contributed by atoms with van der Waals surface area (Å²) < 4.78 is 7.04. The van der Waals surface area contributed by atoms with Crippen LogP contribution in [0.25, 0.3) is 0 Å². The Bertz CT molecular complexity index is 607. The molecule has 114 valence electrons. The third-order valence-corrected chi connectivity index (χ3v) is 3.55. The highest BCUT2D eigenvalue weighted by atomic mass is 32.2. The van der Waals surface area contributed by atoms with Crippen molar-refractivity contribution in [3.8, 4) is 0 Å². The second-order valence-electron chi connectivity index (χ2n) is 4.67. The Morgan fingerprint density at radius 3 is 2.90 bits per heavy atom. The normalized spacial score (nSPS) is 10.8. The molecule has 2 rings (SSSR count). The molecule has 0 saturated carbocycles. The number of hydrogen-bond acceptors (Lipinski definition) is 6. The first-order valence-electron chi connectivity index (χ1n) is 6.85. The van der Waals surface area contributed by atoms with Gasteiger partial charge in [0, 0.05) is 19.5 Å². The van der Waals surface area contributed by atoms with Crippen molar-refractivity contribution in [2.24, 2.45) is 0 Å². The van der Waals surface area contributed by atoms with Crippen LogP contribution in [0.3, 0.4) is 0 Å². The van der Waals surface area contributed by atoms with Crippen molar-refractivity contribution in [3.63, 3.8) is 0 Å². The number of rotatable bonds is 7. The lowest BCUT2D eigenvalue weighted by molar-refractivity contribution is -0.113. The third kappa shape index (κ3) is 4.59. The molecule has 7 nitrogen and oxygen atoms in total. The molecular weight excluding hydrogens is 290 g/mol. The van der Waals surface area contributed by atoms with Crippen molar-refractivity contribution in [2.75, 3.05) is 11.1 Å². The van der Waals surface area contributed by atoms with Gasteiger partial charge >= 0.3 is 0 Å². The van der Waals surface area contributed by atoms with Crippen LogP contribution in [0.2, 0.25) is 0 Å². The number of aromatic nitrogens is 4. The number of carbonyl (C=O) groups excluding carboxylic acids is 1. The predicted molar refractivity (Wildman–Crippen MR) is 80.3 cm³/mol. The van der Waals surface area contributed by atoms with Crippen LogP contribution >= 0.6 is 11.8 Å². The minimum atomic E-state index is -0.117. The Morgan fingerprint density at radius 1 is 1.43 bits per heavy atom. The molecule has 0 radical (unpaired) electrons. The van der Waals surface area contributed by atoms with Crippen molar-refractivity contribution >= 4 is 23.5 Å². The predicted octanol–water partition coefficient (Wildman–Crippen LogP) is 2.41. The Balaban J connectivity index is 1.89. The summed E-state index contributed by atoms with van der Waals surface area (Å²) in [5, 5.41) is 15.2. The van der Waals surface area contributed by atoms with Crippen molar-refractivity contribution in [1.29, 1.82) is 0 Å². The zero-order valence-corrected chi connectivity index (χ0v) is 13.2. The van der Waals surface area contributed by atoms with E-state index in [1.165, 1.54) is 11.8 Å². The summed E-state index contributed by atoms with van der Waals surface area (Å²) in [5.74, 6) is 1.33. The molecule has 0 bridgehead atoms. The molecule has 0 atom stereocenters. The van der Waals surface area contributed by atoms with E-state index in [4.69, 9.17) is 4.42 Å². The standard InChI is InChI=1S/C13H19N5O2S/c1-4-5-6-18-11(7-9(2)17-18)14-12(19)8-21-13-16-15-10(3)20-13/h7H,4-6,8H2,1-3H3,(H,14,19). The molecule has 2 aromatic heterocycles. The van der Waals surface area contributed by atoms with Crippen LogP contribution in [-0.4, -0.2) is 31.6 Å². The highest BCUT2D eigenvalue weighted by Crippen LogP contribution is 2.17. The van der Waals surface area contributed by atoms with E-state index < -0.39 is 0 Å². The van der Waals surface area contributed by atoms with E-state index >= 15 is 0 Å². The third-order valence-electron chi connectivity index (χ3n) is 2.73. The van der Waals surface area contributed by atoms with Gasteiger partial charge in [-0.05, 0) is 13.3 Å². The van der Waals surface area contributed by atoms with Gasteiger partial charge in [-0.3, -0.25) is 4.79 Å². The smallest absolute Gasteiger partial charge is 0.277 e. The van der Waals surface area contributed by atoms with E-state index in [2.05, 4.69) is 27.5 Å². The lowest BCUT2D eigenvalue weighted by Crippen LogP contribution is -2.17. The summed E-state index contributed by atoms with van der Waals surface area (Å²) >= 11 is 1.22. The van der Waals surface area contributed by atoms with Crippen molar-refractivity contribution < 1.29 is 9.21 Å². The number of unbranched alkanes of at least 4 members (excludes halogenated alkanes) is 1. The summed E-state index contributed by atoms with van der Waals surface area (Å²) in [7, 11) is 0. The van der Waals surface area contributed by atoms with E-state index in [9.17, 15) is 4.79 Å². The Labute approximate surface area is 127 Å². The molecule has 8 heteroatoms. The molecule has 0 fully saturated rings. The maximum Gasteiger partial charge on any atom is 0.277 e. The Morgan fingerprint density at radius 2 is 2.24 bits per heavy atom. The fourth-order valence-electron chi connectivity index (χ4n) is 1.77. The molecule has 0 saturated heterocycles. The molecule has 21 heavy (non-hydrogen) atoms. The fourth-order valence-corrected chi connectivity index (χ4v) is 2.37. The number of thioether (sulfide) groups is 1. The van der Waals surface area contributed by atoms with Crippen LogP contribution in [-0.2, 0) is 11.3 Å². The molecule has 2 aromatic rings. The van der Waals surface area contributed by atoms with Crippen LogP contribution in [0, 0.1) is 13.8 Å². The van der Waals surface area contributed by atoms with Crippen LogP contribution in [0.1, 0.15) is 31.4 Å². The van der Waals surface area contributed by atoms with Gasteiger partial charge in [-0.25, -0.2) is 4.68 Å². The number of hydrogen-bond donors (Lipinski definition) is 1. The lowest BCUT2D eigenvalue weighted by Gasteiger charge is -2.07. The largest absolute Gasteiger partial charge is 0.416 e. The SMILES string of the molecule is CCCCn1nc(C)cc1NC(=O)CSc1nnc(C)o1. The van der Waals surface area contributed by atoms with Gasteiger partial charge in [0.1, 0.15) is 5.82 Å². The van der Waals surface area contributed by atoms with Crippen LogP contribution in [0.5, 0.6) is 0 Å². The lowest BCUT2D eigenvalue weighted by atomic mass is 10.3. The summed E-state index contributed by atoms with van der Waals surface area (Å²) in [6, 6.07) is 1.87. The van der Waals surface area contributed by atoms with Gasteiger partial charge in [-0.1, -0.05) is 25.1 Å². The maximum absolute atomic E-state index is 12.0. The van der Waals surface area contributed by atoms with Gasteiger partial charge in [0.25, 0.3) is 5.22 Å². The second-order valence-corrected chi connectivity index (χ2v) is 5.60. The van der Waals surface area contributed by atoms with E-state index in [0.29, 0.717) is 11.1 Å². The summed E-state index contributed by atoms with van der Waals surface area (Å²) in [4.78, 5) is 12.0. The fraction of sp³-hybridized carbons (Fsp3) is 0.538. The average Bonchev–Trinajstić information content (AvgIpc) is 3.00. The zero-order chi connectivity index (χ0) is 15.2. The maximum atomic E-state index is 12.0. The number of nitrogens with zero attached hydrogens (tertiary/aromatic N) is 4. The monoisotopic (exact) mass is 309 g/mol. The van der Waals surface area contributed by atoms with Gasteiger partial charge in [0.2, 0.25) is 11.8 Å². The molecule has 0 unspecified atom stereocenters. The van der Waals surface area contributed by atoms with E-state index in [1.807, 2.05) is 17.7 Å². The summed E-state index contributed by atoms with van der Waals surface area (Å²) in [5.41, 5.74) is 0.890. The Hall–Kier alpha value is -1.83. The first-order chi connectivity index (χ1) is 10.1. The number of carbonyl (C=O) groups is 1. The zero-order valence-electron chi connectivity index (χ0n) is 12.4. The molecule has 0 aliphatic heterocycles. The molecule has 0 aromatic carbocycles. The number of nitrogens with one attached hydrogen (secondary N) is 1. The first-order valence-corrected chi connectivity index (χ1v) is 7.84. The highest BCUT2D eigenvalue weighted by Gasteiger charge is 2.11. The molecular formula is C13H19N5O2S. The van der Waals surface area contributed by atoms with E-state index in [-0.39, 0.29) is 11.7 Å². The number of aryl methyl sites for hydroxylation is 3. The topological polar surface area (TPSA) is 85.8 Å². The number of amides is 1. The quantitative estimate of drug-likeness (QED) is 0.790. The molecule has 0 aliphatic rings. The van der Waals surface area contributed by atoms with Crippen molar-refractivity contribution in [1.82, 2.24) is 20.0 Å². The van der Waals surface area contributed by atoms with Gasteiger partial charge in [0.05, 0.1) is 11.4 Å². The van der Waals surface area contributed by atoms with Crippen molar-refractivity contribution in [3.05, 3.63) is 17.7 Å². The number of anilines is 1. The highest BCUT2D eigenvalue weighted by molar-refractivity contribution is 7.99. The van der Waals surface area contributed by atoms with E-state index in [1.54, 1.807) is 6.92 Å². The van der Waals surface area contributed by atoms with Crippen LogP contribution in [0.15, 0.2) is 15.7 Å². The van der Waals surface area contributed by atoms with Crippen molar-refractivity contribution in [2.45, 2.75) is 45.4 Å². The molecule has 0 aliphatic carbocycles. The Kier molecular flexibility index (Phi) is 5.38.